The molecule has 0 saturated heterocycles. The van der Waals surface area contributed by atoms with Crippen LogP contribution in [0.15, 0.2) is 28.8 Å². The van der Waals surface area contributed by atoms with Crippen molar-refractivity contribution < 1.29 is 9.32 Å². The molecule has 2 heterocycles. The maximum absolute atomic E-state index is 12.2. The molecule has 1 unspecified atom stereocenters. The lowest BCUT2D eigenvalue weighted by Gasteiger charge is -2.25. The number of hydrogen-bond acceptors (Lipinski definition) is 5. The van der Waals surface area contributed by atoms with Gasteiger partial charge in [-0.2, -0.15) is 4.98 Å². The Balaban J connectivity index is 1.50. The predicted molar refractivity (Wildman–Crippen MR) is 76.5 cm³/mol. The summed E-state index contributed by atoms with van der Waals surface area (Å²) in [6, 6.07) is 8.03. The van der Waals surface area contributed by atoms with Gasteiger partial charge in [-0.15, -0.1) is 0 Å². The van der Waals surface area contributed by atoms with Crippen molar-refractivity contribution in [3.63, 3.8) is 0 Å². The zero-order chi connectivity index (χ0) is 14.7. The summed E-state index contributed by atoms with van der Waals surface area (Å²) in [7, 11) is 0. The van der Waals surface area contributed by atoms with E-state index in [1.807, 2.05) is 12.1 Å². The standard InChI is InChI=1S/C15H18N4O2/c1-10-18-14(21-19-10)6-7-16-15(20)13-8-11-4-2-3-5-12(11)9-17-13/h2-5,13,17H,6-9H2,1H3,(H,16,20). The molecule has 110 valence electrons. The number of fused-ring (bicyclic) bond motifs is 1. The number of carbonyl (C=O) groups excluding carboxylic acids is 1. The minimum absolute atomic E-state index is 0.0146. The molecule has 1 atom stereocenters. The molecule has 1 amide bonds. The Morgan fingerprint density at radius 2 is 2.24 bits per heavy atom. The molecule has 3 rings (SSSR count). The zero-order valence-corrected chi connectivity index (χ0v) is 11.9. The summed E-state index contributed by atoms with van der Waals surface area (Å²) in [5.74, 6) is 1.18. The lowest BCUT2D eigenvalue weighted by Crippen LogP contribution is -2.48. The van der Waals surface area contributed by atoms with Crippen LogP contribution in [0, 0.1) is 6.92 Å². The summed E-state index contributed by atoms with van der Waals surface area (Å²) in [6.07, 6.45) is 1.28. The molecular weight excluding hydrogens is 268 g/mol. The van der Waals surface area contributed by atoms with Gasteiger partial charge < -0.3 is 15.2 Å². The zero-order valence-electron chi connectivity index (χ0n) is 11.9. The van der Waals surface area contributed by atoms with Crippen LogP contribution < -0.4 is 10.6 Å². The second-order valence-corrected chi connectivity index (χ2v) is 5.18. The van der Waals surface area contributed by atoms with E-state index in [0.717, 1.165) is 13.0 Å². The topological polar surface area (TPSA) is 80.0 Å². The number of aryl methyl sites for hydroxylation is 1. The van der Waals surface area contributed by atoms with Crippen LogP contribution in [-0.4, -0.2) is 28.6 Å². The van der Waals surface area contributed by atoms with Crippen LogP contribution in [0.1, 0.15) is 22.8 Å². The molecule has 6 nitrogen and oxygen atoms in total. The van der Waals surface area contributed by atoms with E-state index in [9.17, 15) is 4.79 Å². The van der Waals surface area contributed by atoms with Crippen molar-refractivity contribution in [3.05, 3.63) is 47.1 Å². The maximum atomic E-state index is 12.2. The number of nitrogens with zero attached hydrogens (tertiary/aromatic N) is 2. The number of aromatic nitrogens is 2. The second kappa shape index (κ2) is 6.05. The Morgan fingerprint density at radius 1 is 1.43 bits per heavy atom. The molecule has 0 radical (unpaired) electrons. The van der Waals surface area contributed by atoms with Gasteiger partial charge in [0.2, 0.25) is 11.8 Å². The van der Waals surface area contributed by atoms with Crippen LogP contribution >= 0.6 is 0 Å². The van der Waals surface area contributed by atoms with E-state index < -0.39 is 0 Å². The van der Waals surface area contributed by atoms with Crippen molar-refractivity contribution in [3.8, 4) is 0 Å². The molecule has 6 heteroatoms. The van der Waals surface area contributed by atoms with Gasteiger partial charge in [-0.25, -0.2) is 0 Å². The molecular formula is C15H18N4O2. The Morgan fingerprint density at radius 3 is 3.00 bits per heavy atom. The van der Waals surface area contributed by atoms with E-state index in [4.69, 9.17) is 4.52 Å². The van der Waals surface area contributed by atoms with Crippen LogP contribution in [0.25, 0.3) is 0 Å². The molecule has 0 aliphatic carbocycles. The SMILES string of the molecule is Cc1noc(CCNC(=O)C2Cc3ccccc3CN2)n1. The van der Waals surface area contributed by atoms with Gasteiger partial charge >= 0.3 is 0 Å². The van der Waals surface area contributed by atoms with Gasteiger partial charge in [0.05, 0.1) is 6.04 Å². The average Bonchev–Trinajstić information content (AvgIpc) is 2.92. The lowest BCUT2D eigenvalue weighted by molar-refractivity contribution is -0.123. The number of nitrogens with one attached hydrogen (secondary N) is 2. The van der Waals surface area contributed by atoms with Crippen molar-refractivity contribution in [1.82, 2.24) is 20.8 Å². The van der Waals surface area contributed by atoms with Crippen LogP contribution in [0.5, 0.6) is 0 Å². The highest BCUT2D eigenvalue weighted by atomic mass is 16.5. The fourth-order valence-corrected chi connectivity index (χ4v) is 2.50. The Hall–Kier alpha value is -2.21. The first-order chi connectivity index (χ1) is 10.2. The van der Waals surface area contributed by atoms with Gasteiger partial charge in [0.25, 0.3) is 0 Å². The molecule has 2 aromatic rings. The molecule has 0 spiro atoms. The summed E-state index contributed by atoms with van der Waals surface area (Å²) in [5, 5.41) is 9.89. The number of carbonyl (C=O) groups is 1. The fraction of sp³-hybridized carbons (Fsp3) is 0.400. The molecule has 1 aromatic heterocycles. The first-order valence-electron chi connectivity index (χ1n) is 7.09. The van der Waals surface area contributed by atoms with E-state index in [-0.39, 0.29) is 11.9 Å². The van der Waals surface area contributed by atoms with E-state index in [2.05, 4.69) is 32.9 Å². The van der Waals surface area contributed by atoms with Gasteiger partial charge in [-0.05, 0) is 24.5 Å². The summed E-state index contributed by atoms with van der Waals surface area (Å²) in [4.78, 5) is 16.3. The Labute approximate surface area is 122 Å². The van der Waals surface area contributed by atoms with Crippen LogP contribution in [-0.2, 0) is 24.2 Å². The van der Waals surface area contributed by atoms with E-state index >= 15 is 0 Å². The number of amides is 1. The summed E-state index contributed by atoms with van der Waals surface area (Å²) < 4.78 is 5.01. The van der Waals surface area contributed by atoms with E-state index in [1.165, 1.54) is 11.1 Å². The van der Waals surface area contributed by atoms with Crippen molar-refractivity contribution in [2.24, 2.45) is 0 Å². The van der Waals surface area contributed by atoms with Crippen molar-refractivity contribution >= 4 is 5.91 Å². The minimum atomic E-state index is -0.177. The Bertz CT molecular complexity index is 638. The number of hydrogen-bond donors (Lipinski definition) is 2. The monoisotopic (exact) mass is 286 g/mol. The predicted octanol–water partition coefficient (Wildman–Crippen LogP) is 0.751. The third-order valence-electron chi connectivity index (χ3n) is 3.61. The molecule has 0 fully saturated rings. The van der Waals surface area contributed by atoms with Gasteiger partial charge in [0, 0.05) is 19.5 Å². The normalized spacial score (nSPS) is 17.3. The minimum Gasteiger partial charge on any atom is -0.354 e. The molecule has 0 saturated carbocycles. The summed E-state index contributed by atoms with van der Waals surface area (Å²) >= 11 is 0. The third kappa shape index (κ3) is 3.28. The number of rotatable bonds is 4. The Kier molecular flexibility index (Phi) is 3.96. The van der Waals surface area contributed by atoms with Crippen molar-refractivity contribution in [2.45, 2.75) is 32.4 Å². The van der Waals surface area contributed by atoms with E-state index in [0.29, 0.717) is 24.7 Å². The molecule has 21 heavy (non-hydrogen) atoms. The van der Waals surface area contributed by atoms with Gasteiger partial charge in [0.1, 0.15) is 0 Å². The smallest absolute Gasteiger partial charge is 0.237 e. The third-order valence-corrected chi connectivity index (χ3v) is 3.61. The highest BCUT2D eigenvalue weighted by Gasteiger charge is 2.23. The first kappa shape index (κ1) is 13.8. The quantitative estimate of drug-likeness (QED) is 0.867. The van der Waals surface area contributed by atoms with Gasteiger partial charge in [-0.1, -0.05) is 29.4 Å². The van der Waals surface area contributed by atoms with Crippen LogP contribution in [0.4, 0.5) is 0 Å². The van der Waals surface area contributed by atoms with Crippen molar-refractivity contribution in [2.75, 3.05) is 6.54 Å². The second-order valence-electron chi connectivity index (χ2n) is 5.18. The largest absolute Gasteiger partial charge is 0.354 e. The van der Waals surface area contributed by atoms with Crippen LogP contribution in [0.3, 0.4) is 0 Å². The average molecular weight is 286 g/mol. The molecule has 1 aliphatic rings. The van der Waals surface area contributed by atoms with Gasteiger partial charge in [-0.3, -0.25) is 4.79 Å². The highest BCUT2D eigenvalue weighted by Crippen LogP contribution is 2.16. The molecule has 1 aliphatic heterocycles. The van der Waals surface area contributed by atoms with E-state index in [1.54, 1.807) is 6.92 Å². The van der Waals surface area contributed by atoms with Crippen LogP contribution in [0.2, 0.25) is 0 Å². The summed E-state index contributed by atoms with van der Waals surface area (Å²) in [5.41, 5.74) is 2.51. The highest BCUT2D eigenvalue weighted by molar-refractivity contribution is 5.82. The van der Waals surface area contributed by atoms with Crippen molar-refractivity contribution in [1.29, 1.82) is 0 Å². The maximum Gasteiger partial charge on any atom is 0.237 e. The first-order valence-corrected chi connectivity index (χ1v) is 7.09. The molecule has 1 aromatic carbocycles. The molecule has 0 bridgehead atoms. The van der Waals surface area contributed by atoms with Gasteiger partial charge in [0.15, 0.2) is 5.82 Å². The molecule has 2 N–H and O–H groups in total. The summed E-state index contributed by atoms with van der Waals surface area (Å²) in [6.45, 7) is 3.01. The number of benzene rings is 1. The lowest BCUT2D eigenvalue weighted by atomic mass is 9.95. The fourth-order valence-electron chi connectivity index (χ4n) is 2.50.